The maximum atomic E-state index is 14.4. The number of carbonyl (C=O) groups excluding carboxylic acids is 2. The van der Waals surface area contributed by atoms with Gasteiger partial charge in [-0.1, -0.05) is 60.1 Å². The lowest BCUT2D eigenvalue weighted by Gasteiger charge is -2.71. The maximum absolute atomic E-state index is 14.4. The van der Waals surface area contributed by atoms with Crippen molar-refractivity contribution in [2.45, 2.75) is 99.8 Å². The van der Waals surface area contributed by atoms with Crippen LogP contribution in [0.3, 0.4) is 0 Å². The van der Waals surface area contributed by atoms with Gasteiger partial charge in [0, 0.05) is 42.0 Å². The predicted octanol–water partition coefficient (Wildman–Crippen LogP) is 8.10. The van der Waals surface area contributed by atoms with Crippen LogP contribution in [0.2, 0.25) is 0 Å². The molecule has 0 unspecified atom stereocenters. The molecule has 0 saturated heterocycles. The lowest BCUT2D eigenvalue weighted by Crippen LogP contribution is -2.65. The van der Waals surface area contributed by atoms with E-state index in [0.717, 1.165) is 56.9 Å². The van der Waals surface area contributed by atoms with Crippen LogP contribution in [-0.4, -0.2) is 30.8 Å². The van der Waals surface area contributed by atoms with Crippen LogP contribution in [-0.2, 0) is 4.79 Å². The van der Waals surface area contributed by atoms with Crippen LogP contribution in [0.1, 0.15) is 105 Å². The molecule has 4 saturated carbocycles. The van der Waals surface area contributed by atoms with Gasteiger partial charge in [0.25, 0.3) is 0 Å². The van der Waals surface area contributed by atoms with Gasteiger partial charge in [-0.05, 0) is 97.2 Å². The molecule has 2 aromatic rings. The third-order valence-corrected chi connectivity index (χ3v) is 14.6. The van der Waals surface area contributed by atoms with Gasteiger partial charge in [-0.25, -0.2) is 9.97 Å². The number of Topliss-reactive ketones (excluding diaryl/α,β-unsaturated/α-hetero) is 1. The summed E-state index contributed by atoms with van der Waals surface area (Å²) in [6.07, 6.45) is 23.6. The minimum absolute atomic E-state index is 0.00843. The maximum Gasteiger partial charge on any atom is 0.238 e. The molecule has 5 aliphatic rings. The molecule has 0 aliphatic heterocycles. The van der Waals surface area contributed by atoms with Crippen LogP contribution >= 0.6 is 0 Å². The Labute approximate surface area is 257 Å². The van der Waals surface area contributed by atoms with E-state index in [-0.39, 0.29) is 33.5 Å². The summed E-state index contributed by atoms with van der Waals surface area (Å²) in [6.45, 7) is 16.9. The highest BCUT2D eigenvalue weighted by atomic mass is 16.2. The summed E-state index contributed by atoms with van der Waals surface area (Å²) in [5.41, 5.74) is 1.89. The number of hydrogen-bond donors (Lipinski definition) is 0. The average molecular weight is 583 g/mol. The highest BCUT2D eigenvalue weighted by molar-refractivity contribution is 6.03. The SMILES string of the molecule is C[C@H]1[C@H](C)CC[C@]2(C(=O)n3ccnc3)CC[C@]3(C)C(=CC[C@@H]4[C@@]5(C)C/C(=C/n6ccnc6)C(=O)C(C)(C)[C@@H]5CC[C@]43C)[C@H]12. The fourth-order valence-electron chi connectivity index (χ4n) is 12.0. The van der Waals surface area contributed by atoms with Crippen molar-refractivity contribution in [3.05, 3.63) is 54.7 Å². The van der Waals surface area contributed by atoms with Crippen molar-refractivity contribution in [3.63, 3.8) is 0 Å². The highest BCUT2D eigenvalue weighted by Gasteiger charge is 2.70. The summed E-state index contributed by atoms with van der Waals surface area (Å²) in [4.78, 5) is 36.8. The van der Waals surface area contributed by atoms with Gasteiger partial charge in [0.15, 0.2) is 5.78 Å². The van der Waals surface area contributed by atoms with Gasteiger partial charge in [-0.2, -0.15) is 0 Å². The molecule has 0 spiro atoms. The van der Waals surface area contributed by atoms with Gasteiger partial charge in [-0.3, -0.25) is 14.2 Å². The fourth-order valence-corrected chi connectivity index (χ4v) is 12.0. The van der Waals surface area contributed by atoms with Crippen molar-refractivity contribution in [3.8, 4) is 0 Å². The van der Waals surface area contributed by atoms with Crippen LogP contribution in [0.4, 0.5) is 0 Å². The monoisotopic (exact) mass is 582 g/mol. The first kappa shape index (κ1) is 29.0. The van der Waals surface area contributed by atoms with E-state index < -0.39 is 5.41 Å². The average Bonchev–Trinajstić information content (AvgIpc) is 3.69. The third kappa shape index (κ3) is 3.70. The minimum atomic E-state index is -0.405. The molecule has 43 heavy (non-hydrogen) atoms. The molecule has 6 heteroatoms. The largest absolute Gasteiger partial charge is 0.313 e. The van der Waals surface area contributed by atoms with Crippen LogP contribution < -0.4 is 0 Å². The molecule has 2 aromatic heterocycles. The van der Waals surface area contributed by atoms with E-state index in [9.17, 15) is 9.59 Å². The zero-order chi connectivity index (χ0) is 30.6. The van der Waals surface area contributed by atoms with Crippen molar-refractivity contribution in [1.82, 2.24) is 19.1 Å². The fraction of sp³-hybridized carbons (Fsp3) is 0.676. The predicted molar refractivity (Wildman–Crippen MR) is 169 cm³/mol. The van der Waals surface area contributed by atoms with Crippen molar-refractivity contribution in [2.75, 3.05) is 0 Å². The Morgan fingerprint density at radius 1 is 0.930 bits per heavy atom. The molecular formula is C37H50N4O2. The zero-order valence-electron chi connectivity index (χ0n) is 27.3. The van der Waals surface area contributed by atoms with Gasteiger partial charge in [-0.15, -0.1) is 0 Å². The molecule has 9 atom stereocenters. The number of aromatic nitrogens is 4. The quantitative estimate of drug-likeness (QED) is 0.265. The first-order chi connectivity index (χ1) is 20.3. The summed E-state index contributed by atoms with van der Waals surface area (Å²) in [5, 5.41) is 0. The molecule has 0 aromatic carbocycles. The molecule has 4 fully saturated rings. The third-order valence-electron chi connectivity index (χ3n) is 14.6. The normalized spacial score (nSPS) is 44.5. The lowest BCUT2D eigenvalue weighted by molar-refractivity contribution is -0.176. The van der Waals surface area contributed by atoms with E-state index in [2.05, 4.69) is 64.5 Å². The van der Waals surface area contributed by atoms with Gasteiger partial charge < -0.3 is 4.57 Å². The van der Waals surface area contributed by atoms with E-state index in [0.29, 0.717) is 29.5 Å². The van der Waals surface area contributed by atoms with Crippen LogP contribution in [0, 0.1) is 56.7 Å². The number of ketones is 1. The summed E-state index contributed by atoms with van der Waals surface area (Å²) in [5.74, 6) is 2.68. The second-order valence-electron chi connectivity index (χ2n) is 16.5. The number of rotatable bonds is 2. The Bertz CT molecular complexity index is 1500. The van der Waals surface area contributed by atoms with Crippen LogP contribution in [0.25, 0.3) is 6.20 Å². The first-order valence-corrected chi connectivity index (χ1v) is 16.8. The Morgan fingerprint density at radius 2 is 1.67 bits per heavy atom. The Morgan fingerprint density at radius 3 is 2.37 bits per heavy atom. The molecule has 0 amide bonds. The number of carbonyl (C=O) groups is 2. The van der Waals surface area contributed by atoms with E-state index in [4.69, 9.17) is 0 Å². The number of allylic oxidation sites excluding steroid dienone is 3. The Hall–Kier alpha value is -2.76. The molecule has 5 aliphatic carbocycles. The van der Waals surface area contributed by atoms with Gasteiger partial charge in [0.05, 0.1) is 11.7 Å². The highest BCUT2D eigenvalue weighted by Crippen LogP contribution is 2.76. The molecule has 230 valence electrons. The Balaban J connectivity index is 1.33. The van der Waals surface area contributed by atoms with Crippen molar-refractivity contribution < 1.29 is 9.59 Å². The molecule has 0 radical (unpaired) electrons. The van der Waals surface area contributed by atoms with E-state index in [1.54, 1.807) is 35.2 Å². The Kier molecular flexibility index (Phi) is 6.32. The summed E-state index contributed by atoms with van der Waals surface area (Å²) in [7, 11) is 0. The van der Waals surface area contributed by atoms with Gasteiger partial charge >= 0.3 is 0 Å². The molecule has 2 heterocycles. The number of nitrogens with zero attached hydrogens (tertiary/aromatic N) is 4. The standard InChI is InChI=1S/C37H50N4O2/c1-24-10-13-37(32(43)41-19-17-39-23-41)15-14-35(6)27(30(37)25(24)2)8-9-29-34(5)20-26(21-40-18-16-38-22-40)31(42)33(3,4)28(34)11-12-36(29,35)7/h8,16-19,21-25,28-30H,9-15,20H2,1-7H3/b26-21-/t24-,25+,28+,29-,30+,34+,35-,36-,37+/m1/s1. The topological polar surface area (TPSA) is 69.8 Å². The van der Waals surface area contributed by atoms with E-state index >= 15 is 0 Å². The second kappa shape index (κ2) is 9.37. The van der Waals surface area contributed by atoms with Crippen molar-refractivity contribution in [2.24, 2.45) is 56.7 Å². The second-order valence-corrected chi connectivity index (χ2v) is 16.5. The lowest BCUT2D eigenvalue weighted by atomic mass is 9.33. The van der Waals surface area contributed by atoms with Gasteiger partial charge in [0.1, 0.15) is 6.33 Å². The van der Waals surface area contributed by atoms with Crippen LogP contribution in [0.5, 0.6) is 0 Å². The van der Waals surface area contributed by atoms with E-state index in [1.165, 1.54) is 0 Å². The molecule has 0 N–H and O–H groups in total. The van der Waals surface area contributed by atoms with Crippen molar-refractivity contribution >= 4 is 17.9 Å². The molecular weight excluding hydrogens is 532 g/mol. The summed E-state index contributed by atoms with van der Waals surface area (Å²) >= 11 is 0. The van der Waals surface area contributed by atoms with Crippen LogP contribution in [0.15, 0.2) is 54.7 Å². The molecule has 0 bridgehead atoms. The van der Waals surface area contributed by atoms with Gasteiger partial charge in [0.2, 0.25) is 5.91 Å². The summed E-state index contributed by atoms with van der Waals surface area (Å²) in [6, 6.07) is 0. The molecule has 6 nitrogen and oxygen atoms in total. The number of hydrogen-bond acceptors (Lipinski definition) is 4. The molecule has 7 rings (SSSR count). The van der Waals surface area contributed by atoms with Crippen molar-refractivity contribution in [1.29, 1.82) is 0 Å². The van der Waals surface area contributed by atoms with E-state index in [1.807, 2.05) is 23.2 Å². The number of fused-ring (bicyclic) bond motifs is 7. The number of imidazole rings is 2. The summed E-state index contributed by atoms with van der Waals surface area (Å²) < 4.78 is 3.71. The minimum Gasteiger partial charge on any atom is -0.313 e. The first-order valence-electron chi connectivity index (χ1n) is 16.8. The zero-order valence-corrected chi connectivity index (χ0v) is 27.3. The smallest absolute Gasteiger partial charge is 0.238 e.